The summed E-state index contributed by atoms with van der Waals surface area (Å²) in [5.41, 5.74) is 2.05. The highest BCUT2D eigenvalue weighted by Crippen LogP contribution is 2.43. The third kappa shape index (κ3) is 3.93. The van der Waals surface area contributed by atoms with E-state index in [1.807, 2.05) is 26.0 Å². The van der Waals surface area contributed by atoms with Crippen molar-refractivity contribution in [2.75, 3.05) is 11.9 Å². The van der Waals surface area contributed by atoms with Crippen molar-refractivity contribution < 1.29 is 14.7 Å². The number of anilines is 1. The number of carboxylic acids is 1. The standard InChI is InChI=1S/C15H21N3O3/c1-10-4-5-12(11(2)17-10)18-14(21)16-9-15(6-3-7-15)8-13(19)20/h4-5H,3,6-9H2,1-2H3,(H,19,20)(H2,16,18,21). The van der Waals surface area contributed by atoms with E-state index >= 15 is 0 Å². The van der Waals surface area contributed by atoms with Crippen molar-refractivity contribution in [2.45, 2.75) is 39.5 Å². The number of amides is 2. The number of hydrogen-bond donors (Lipinski definition) is 3. The molecular formula is C15H21N3O3. The number of nitrogens with one attached hydrogen (secondary N) is 2. The quantitative estimate of drug-likeness (QED) is 0.777. The highest BCUT2D eigenvalue weighted by Gasteiger charge is 2.39. The van der Waals surface area contributed by atoms with Crippen molar-refractivity contribution in [3.05, 3.63) is 23.5 Å². The van der Waals surface area contributed by atoms with Gasteiger partial charge in [0.25, 0.3) is 0 Å². The Bertz CT molecular complexity index is 553. The lowest BCUT2D eigenvalue weighted by Gasteiger charge is -2.40. The Kier molecular flexibility index (Phi) is 4.45. The van der Waals surface area contributed by atoms with Gasteiger partial charge in [-0.1, -0.05) is 6.42 Å². The van der Waals surface area contributed by atoms with Crippen molar-refractivity contribution in [3.8, 4) is 0 Å². The lowest BCUT2D eigenvalue weighted by atomic mass is 9.66. The number of aliphatic carboxylic acids is 1. The summed E-state index contributed by atoms with van der Waals surface area (Å²) in [5, 5.41) is 14.5. The Labute approximate surface area is 124 Å². The zero-order valence-corrected chi connectivity index (χ0v) is 12.4. The number of carbonyl (C=O) groups excluding carboxylic acids is 1. The first kappa shape index (κ1) is 15.3. The molecule has 0 bridgehead atoms. The maximum atomic E-state index is 11.9. The number of urea groups is 1. The third-order valence-corrected chi connectivity index (χ3v) is 4.04. The van der Waals surface area contributed by atoms with Crippen LogP contribution in [-0.4, -0.2) is 28.6 Å². The zero-order chi connectivity index (χ0) is 15.5. The smallest absolute Gasteiger partial charge is 0.319 e. The maximum absolute atomic E-state index is 11.9. The zero-order valence-electron chi connectivity index (χ0n) is 12.4. The summed E-state index contributed by atoms with van der Waals surface area (Å²) in [7, 11) is 0. The van der Waals surface area contributed by atoms with Crippen molar-refractivity contribution in [2.24, 2.45) is 5.41 Å². The summed E-state index contributed by atoms with van der Waals surface area (Å²) in [6, 6.07) is 3.33. The molecule has 0 saturated heterocycles. The summed E-state index contributed by atoms with van der Waals surface area (Å²) in [5.74, 6) is -0.810. The Morgan fingerprint density at radius 3 is 2.57 bits per heavy atom. The van der Waals surface area contributed by atoms with Crippen LogP contribution in [0.25, 0.3) is 0 Å². The molecule has 114 valence electrons. The molecule has 0 radical (unpaired) electrons. The fourth-order valence-corrected chi connectivity index (χ4v) is 2.67. The summed E-state index contributed by atoms with van der Waals surface area (Å²) in [6.07, 6.45) is 2.84. The topological polar surface area (TPSA) is 91.3 Å². The van der Waals surface area contributed by atoms with Crippen LogP contribution in [0.5, 0.6) is 0 Å². The minimum absolute atomic E-state index is 0.110. The number of carbonyl (C=O) groups is 2. The molecule has 1 aliphatic carbocycles. The van der Waals surface area contributed by atoms with Crippen molar-refractivity contribution in [1.29, 1.82) is 0 Å². The SMILES string of the molecule is Cc1ccc(NC(=O)NCC2(CC(=O)O)CCC2)c(C)n1. The largest absolute Gasteiger partial charge is 0.481 e. The highest BCUT2D eigenvalue weighted by molar-refractivity contribution is 5.89. The van der Waals surface area contributed by atoms with E-state index in [9.17, 15) is 9.59 Å². The van der Waals surface area contributed by atoms with Gasteiger partial charge in [0.15, 0.2) is 0 Å². The summed E-state index contributed by atoms with van der Waals surface area (Å²) in [4.78, 5) is 27.1. The monoisotopic (exact) mass is 291 g/mol. The second kappa shape index (κ2) is 6.11. The van der Waals surface area contributed by atoms with E-state index in [4.69, 9.17) is 5.11 Å². The van der Waals surface area contributed by atoms with Crippen LogP contribution in [0.4, 0.5) is 10.5 Å². The van der Waals surface area contributed by atoms with Crippen LogP contribution in [0.2, 0.25) is 0 Å². The number of nitrogens with zero attached hydrogens (tertiary/aromatic N) is 1. The minimum Gasteiger partial charge on any atom is -0.481 e. The van der Waals surface area contributed by atoms with Crippen LogP contribution < -0.4 is 10.6 Å². The van der Waals surface area contributed by atoms with E-state index in [1.54, 1.807) is 0 Å². The van der Waals surface area contributed by atoms with E-state index in [0.29, 0.717) is 12.2 Å². The maximum Gasteiger partial charge on any atom is 0.319 e. The average Bonchev–Trinajstić information content (AvgIpc) is 2.35. The Morgan fingerprint density at radius 1 is 1.33 bits per heavy atom. The number of carboxylic acid groups (broad SMARTS) is 1. The van der Waals surface area contributed by atoms with Crippen molar-refractivity contribution >= 4 is 17.7 Å². The molecule has 1 aromatic heterocycles. The predicted molar refractivity (Wildman–Crippen MR) is 79.3 cm³/mol. The number of pyridine rings is 1. The average molecular weight is 291 g/mol. The molecule has 0 spiro atoms. The van der Waals surface area contributed by atoms with Gasteiger partial charge in [0.1, 0.15) is 0 Å². The van der Waals surface area contributed by atoms with Gasteiger partial charge in [0.2, 0.25) is 0 Å². The normalized spacial score (nSPS) is 15.9. The Balaban J connectivity index is 1.88. The molecule has 6 heteroatoms. The first-order valence-corrected chi connectivity index (χ1v) is 7.11. The van der Waals surface area contributed by atoms with Gasteiger partial charge in [-0.2, -0.15) is 0 Å². The van der Waals surface area contributed by atoms with Gasteiger partial charge in [-0.3, -0.25) is 9.78 Å². The van der Waals surface area contributed by atoms with Crippen LogP contribution in [0.1, 0.15) is 37.1 Å². The molecular weight excluding hydrogens is 270 g/mol. The molecule has 0 unspecified atom stereocenters. The first-order chi connectivity index (χ1) is 9.90. The Morgan fingerprint density at radius 2 is 2.05 bits per heavy atom. The Hall–Kier alpha value is -2.11. The van der Waals surface area contributed by atoms with Gasteiger partial charge < -0.3 is 15.7 Å². The summed E-state index contributed by atoms with van der Waals surface area (Å²) < 4.78 is 0. The van der Waals surface area contributed by atoms with E-state index in [1.165, 1.54) is 0 Å². The molecule has 6 nitrogen and oxygen atoms in total. The highest BCUT2D eigenvalue weighted by atomic mass is 16.4. The van der Waals surface area contributed by atoms with E-state index in [2.05, 4.69) is 15.6 Å². The second-order valence-electron chi connectivity index (χ2n) is 5.82. The number of hydrogen-bond acceptors (Lipinski definition) is 3. The fourth-order valence-electron chi connectivity index (χ4n) is 2.67. The number of aryl methyl sites for hydroxylation is 2. The summed E-state index contributed by atoms with van der Waals surface area (Å²) in [6.45, 7) is 4.12. The van der Waals surface area contributed by atoms with E-state index < -0.39 is 5.97 Å². The molecule has 2 amide bonds. The van der Waals surface area contributed by atoms with Crippen LogP contribution >= 0.6 is 0 Å². The molecule has 1 saturated carbocycles. The lowest BCUT2D eigenvalue weighted by Crippen LogP contribution is -2.44. The molecule has 1 fully saturated rings. The van der Waals surface area contributed by atoms with Crippen LogP contribution in [0.15, 0.2) is 12.1 Å². The predicted octanol–water partition coefficient (Wildman–Crippen LogP) is 2.46. The lowest BCUT2D eigenvalue weighted by molar-refractivity contribution is -0.141. The molecule has 2 rings (SSSR count). The fraction of sp³-hybridized carbons (Fsp3) is 0.533. The summed E-state index contributed by atoms with van der Waals surface area (Å²) >= 11 is 0. The molecule has 1 aromatic rings. The first-order valence-electron chi connectivity index (χ1n) is 7.11. The van der Waals surface area contributed by atoms with Gasteiger partial charge in [-0.05, 0) is 44.2 Å². The molecule has 1 aliphatic rings. The molecule has 21 heavy (non-hydrogen) atoms. The van der Waals surface area contributed by atoms with Gasteiger partial charge in [-0.15, -0.1) is 0 Å². The number of aromatic nitrogens is 1. The van der Waals surface area contributed by atoms with Gasteiger partial charge in [0.05, 0.1) is 17.8 Å². The van der Waals surface area contributed by atoms with E-state index in [0.717, 1.165) is 30.7 Å². The van der Waals surface area contributed by atoms with Crippen LogP contribution in [0.3, 0.4) is 0 Å². The molecule has 0 atom stereocenters. The molecule has 1 heterocycles. The minimum atomic E-state index is -0.810. The van der Waals surface area contributed by atoms with Crippen LogP contribution in [0, 0.1) is 19.3 Å². The third-order valence-electron chi connectivity index (χ3n) is 4.04. The van der Waals surface area contributed by atoms with Gasteiger partial charge in [-0.25, -0.2) is 4.79 Å². The molecule has 0 aromatic carbocycles. The van der Waals surface area contributed by atoms with Gasteiger partial charge >= 0.3 is 12.0 Å². The van der Waals surface area contributed by atoms with Gasteiger partial charge in [0, 0.05) is 12.2 Å². The van der Waals surface area contributed by atoms with Crippen molar-refractivity contribution in [1.82, 2.24) is 10.3 Å². The van der Waals surface area contributed by atoms with E-state index in [-0.39, 0.29) is 17.9 Å². The molecule has 0 aliphatic heterocycles. The number of rotatable bonds is 5. The second-order valence-corrected chi connectivity index (χ2v) is 5.82. The van der Waals surface area contributed by atoms with Crippen LogP contribution in [-0.2, 0) is 4.79 Å². The molecule has 3 N–H and O–H groups in total. The van der Waals surface area contributed by atoms with Crippen molar-refractivity contribution in [3.63, 3.8) is 0 Å².